The monoisotopic (exact) mass is 392 g/mol. The number of hydrogen-bond acceptors (Lipinski definition) is 3. The van der Waals surface area contributed by atoms with Gasteiger partial charge in [0.15, 0.2) is 5.78 Å². The summed E-state index contributed by atoms with van der Waals surface area (Å²) in [5.41, 5.74) is 6.46. The molecule has 118 valence electrons. The molecule has 2 aromatic rings. The minimum atomic E-state index is -0.798. The normalized spacial score (nSPS) is 15.1. The van der Waals surface area contributed by atoms with Gasteiger partial charge in [-0.15, -0.1) is 0 Å². The highest BCUT2D eigenvalue weighted by Crippen LogP contribution is 2.34. The first-order valence-electron chi connectivity index (χ1n) is 7.09. The summed E-state index contributed by atoms with van der Waals surface area (Å²) in [7, 11) is 0. The van der Waals surface area contributed by atoms with E-state index in [1.54, 1.807) is 42.5 Å². The predicted molar refractivity (Wildman–Crippen MR) is 93.8 cm³/mol. The highest BCUT2D eigenvalue weighted by atomic mass is 79.9. The number of anilines is 1. The average Bonchev–Trinajstić information content (AvgIpc) is 3.28. The Hall–Kier alpha value is -1.69. The molecule has 0 atom stereocenters. The lowest BCUT2D eigenvalue weighted by Crippen LogP contribution is -2.38. The Bertz CT molecular complexity index is 786. The third-order valence-corrected chi connectivity index (χ3v) is 4.57. The van der Waals surface area contributed by atoms with Crippen LogP contribution in [-0.2, 0) is 4.79 Å². The van der Waals surface area contributed by atoms with Crippen LogP contribution in [0.3, 0.4) is 0 Å². The van der Waals surface area contributed by atoms with Crippen LogP contribution in [0.5, 0.6) is 0 Å². The first-order valence-corrected chi connectivity index (χ1v) is 8.26. The summed E-state index contributed by atoms with van der Waals surface area (Å²) in [6, 6.07) is 11.8. The third kappa shape index (κ3) is 3.47. The van der Waals surface area contributed by atoms with Crippen molar-refractivity contribution in [2.24, 2.45) is 5.73 Å². The molecule has 0 aromatic heterocycles. The summed E-state index contributed by atoms with van der Waals surface area (Å²) >= 11 is 9.21. The van der Waals surface area contributed by atoms with E-state index in [1.807, 2.05) is 0 Å². The molecule has 1 aliphatic rings. The average molecular weight is 394 g/mol. The zero-order chi connectivity index (χ0) is 16.6. The van der Waals surface area contributed by atoms with Crippen LogP contribution in [0, 0.1) is 0 Å². The van der Waals surface area contributed by atoms with E-state index in [4.69, 9.17) is 17.3 Å². The van der Waals surface area contributed by atoms with Crippen LogP contribution in [0.4, 0.5) is 5.69 Å². The molecule has 0 aliphatic heterocycles. The molecule has 0 unspecified atom stereocenters. The van der Waals surface area contributed by atoms with Crippen molar-refractivity contribution in [2.75, 3.05) is 5.32 Å². The van der Waals surface area contributed by atoms with Crippen LogP contribution in [0.1, 0.15) is 28.8 Å². The van der Waals surface area contributed by atoms with Crippen molar-refractivity contribution in [1.29, 1.82) is 0 Å². The molecular formula is C17H14BrClN2O2. The molecule has 6 heteroatoms. The van der Waals surface area contributed by atoms with E-state index in [-0.39, 0.29) is 11.7 Å². The second kappa shape index (κ2) is 6.07. The summed E-state index contributed by atoms with van der Waals surface area (Å²) in [4.78, 5) is 24.9. The molecule has 3 N–H and O–H groups in total. The van der Waals surface area contributed by atoms with E-state index < -0.39 is 5.54 Å². The molecular weight excluding hydrogens is 380 g/mol. The Morgan fingerprint density at radius 1 is 1.13 bits per heavy atom. The first-order chi connectivity index (χ1) is 10.9. The Morgan fingerprint density at radius 3 is 2.39 bits per heavy atom. The molecule has 0 bridgehead atoms. The van der Waals surface area contributed by atoms with Gasteiger partial charge in [0.2, 0.25) is 5.91 Å². The molecule has 0 radical (unpaired) electrons. The van der Waals surface area contributed by atoms with Crippen LogP contribution in [0.15, 0.2) is 46.9 Å². The molecule has 1 fully saturated rings. The molecule has 1 amide bonds. The van der Waals surface area contributed by atoms with Crippen LogP contribution in [-0.4, -0.2) is 17.2 Å². The SMILES string of the molecule is NC1(C(=O)Nc2ccc(Br)cc2C(=O)c2ccc(Cl)cc2)CC1. The summed E-state index contributed by atoms with van der Waals surface area (Å²) in [6.07, 6.45) is 1.33. The highest BCUT2D eigenvalue weighted by Gasteiger charge is 2.46. The van der Waals surface area contributed by atoms with Gasteiger partial charge in [0.1, 0.15) is 0 Å². The van der Waals surface area contributed by atoms with Crippen LogP contribution >= 0.6 is 27.5 Å². The number of nitrogens with two attached hydrogens (primary N) is 1. The van der Waals surface area contributed by atoms with Crippen molar-refractivity contribution in [3.63, 3.8) is 0 Å². The number of carbonyl (C=O) groups excluding carboxylic acids is 2. The smallest absolute Gasteiger partial charge is 0.244 e. The number of benzene rings is 2. The Morgan fingerprint density at radius 2 is 1.78 bits per heavy atom. The van der Waals surface area contributed by atoms with E-state index in [2.05, 4.69) is 21.2 Å². The van der Waals surface area contributed by atoms with E-state index in [1.165, 1.54) is 0 Å². The zero-order valence-electron chi connectivity index (χ0n) is 12.1. The fourth-order valence-corrected chi connectivity index (χ4v) is 2.67. The topological polar surface area (TPSA) is 72.2 Å². The van der Waals surface area contributed by atoms with Gasteiger partial charge in [-0.25, -0.2) is 0 Å². The van der Waals surface area contributed by atoms with Gasteiger partial charge in [-0.3, -0.25) is 9.59 Å². The van der Waals surface area contributed by atoms with E-state index in [0.717, 1.165) is 4.47 Å². The summed E-state index contributed by atoms with van der Waals surface area (Å²) < 4.78 is 0.752. The lowest BCUT2D eigenvalue weighted by Gasteiger charge is -2.14. The molecule has 2 aromatic carbocycles. The number of hydrogen-bond donors (Lipinski definition) is 2. The molecule has 0 heterocycles. The van der Waals surface area contributed by atoms with Crippen molar-refractivity contribution in [3.8, 4) is 0 Å². The second-order valence-corrected chi connectivity index (χ2v) is 6.99. The van der Waals surface area contributed by atoms with Crippen molar-refractivity contribution >= 4 is 44.9 Å². The number of carbonyl (C=O) groups is 2. The minimum absolute atomic E-state index is 0.194. The first kappa shape index (κ1) is 16.2. The molecule has 4 nitrogen and oxygen atoms in total. The van der Waals surface area contributed by atoms with E-state index in [9.17, 15) is 9.59 Å². The lowest BCUT2D eigenvalue weighted by atomic mass is 10.0. The highest BCUT2D eigenvalue weighted by molar-refractivity contribution is 9.10. The zero-order valence-corrected chi connectivity index (χ0v) is 14.4. The standard InChI is InChI=1S/C17H14BrClN2O2/c18-11-3-6-14(21-16(23)17(20)7-8-17)13(9-11)15(22)10-1-4-12(19)5-2-10/h1-6,9H,7-8,20H2,(H,21,23). The maximum atomic E-state index is 12.7. The van der Waals surface area contributed by atoms with Gasteiger partial charge < -0.3 is 11.1 Å². The van der Waals surface area contributed by atoms with Crippen LogP contribution in [0.2, 0.25) is 5.02 Å². The van der Waals surface area contributed by atoms with E-state index >= 15 is 0 Å². The summed E-state index contributed by atoms with van der Waals surface area (Å²) in [5.74, 6) is -0.454. The number of amides is 1. The summed E-state index contributed by atoms with van der Waals surface area (Å²) in [6.45, 7) is 0. The van der Waals surface area contributed by atoms with Gasteiger partial charge in [-0.2, -0.15) is 0 Å². The van der Waals surface area contributed by atoms with Gasteiger partial charge in [0, 0.05) is 20.6 Å². The Balaban J connectivity index is 1.94. The Kier molecular flexibility index (Phi) is 4.27. The van der Waals surface area contributed by atoms with E-state index in [0.29, 0.717) is 34.7 Å². The maximum absolute atomic E-state index is 12.7. The maximum Gasteiger partial charge on any atom is 0.244 e. The number of rotatable bonds is 4. The molecule has 3 rings (SSSR count). The number of nitrogens with one attached hydrogen (secondary N) is 1. The van der Waals surface area contributed by atoms with Gasteiger partial charge in [-0.05, 0) is 55.3 Å². The van der Waals surface area contributed by atoms with Gasteiger partial charge >= 0.3 is 0 Å². The van der Waals surface area contributed by atoms with Crippen molar-refractivity contribution in [2.45, 2.75) is 18.4 Å². The largest absolute Gasteiger partial charge is 0.324 e. The fraction of sp³-hybridized carbons (Fsp3) is 0.176. The number of halogens is 2. The van der Waals surface area contributed by atoms with Gasteiger partial charge in [-0.1, -0.05) is 27.5 Å². The molecule has 1 aliphatic carbocycles. The van der Waals surface area contributed by atoms with Gasteiger partial charge in [0.05, 0.1) is 11.2 Å². The summed E-state index contributed by atoms with van der Waals surface area (Å²) in [5, 5.41) is 3.33. The minimum Gasteiger partial charge on any atom is -0.324 e. The quantitative estimate of drug-likeness (QED) is 0.777. The third-order valence-electron chi connectivity index (χ3n) is 3.82. The van der Waals surface area contributed by atoms with Crippen molar-refractivity contribution in [1.82, 2.24) is 0 Å². The van der Waals surface area contributed by atoms with Crippen molar-refractivity contribution < 1.29 is 9.59 Å². The van der Waals surface area contributed by atoms with Gasteiger partial charge in [0.25, 0.3) is 0 Å². The predicted octanol–water partition coefficient (Wildman–Crippen LogP) is 3.76. The molecule has 1 saturated carbocycles. The molecule has 23 heavy (non-hydrogen) atoms. The Labute approximate surface area is 147 Å². The van der Waals surface area contributed by atoms with Crippen LogP contribution < -0.4 is 11.1 Å². The van der Waals surface area contributed by atoms with Crippen LogP contribution in [0.25, 0.3) is 0 Å². The second-order valence-electron chi connectivity index (χ2n) is 5.64. The number of ketones is 1. The molecule has 0 saturated heterocycles. The van der Waals surface area contributed by atoms with Crippen molar-refractivity contribution in [3.05, 3.63) is 63.1 Å². The fourth-order valence-electron chi connectivity index (χ4n) is 2.18. The molecule has 0 spiro atoms. The lowest BCUT2D eigenvalue weighted by molar-refractivity contribution is -0.118.